The quantitative estimate of drug-likeness (QED) is 0.468. The highest BCUT2D eigenvalue weighted by molar-refractivity contribution is 7.99. The molecule has 2 aromatic heterocycles. The van der Waals surface area contributed by atoms with Gasteiger partial charge in [-0.2, -0.15) is 0 Å². The van der Waals surface area contributed by atoms with Crippen LogP contribution in [0, 0.1) is 13.8 Å². The second kappa shape index (κ2) is 8.04. The fourth-order valence-electron chi connectivity index (χ4n) is 3.34. The normalized spacial score (nSPS) is 12.3. The Balaban J connectivity index is 1.32. The van der Waals surface area contributed by atoms with Crippen molar-refractivity contribution in [2.45, 2.75) is 19.0 Å². The highest BCUT2D eigenvalue weighted by Gasteiger charge is 2.16. The minimum absolute atomic E-state index is 0.107. The second-order valence-corrected chi connectivity index (χ2v) is 8.27. The molecule has 9 nitrogen and oxygen atoms in total. The molecule has 1 aliphatic heterocycles. The van der Waals surface area contributed by atoms with Gasteiger partial charge >= 0.3 is 5.56 Å². The highest BCUT2D eigenvalue weighted by atomic mass is 32.2. The lowest BCUT2D eigenvalue weighted by Crippen LogP contribution is -2.20. The number of aryl methyl sites for hydroxylation is 2. The fraction of sp³-hybridized carbons (Fsp3) is 0.182. The number of nitrogens with one attached hydrogen (secondary N) is 1. The number of ether oxygens (including phenoxy) is 2. The molecule has 0 radical (unpaired) electrons. The third-order valence-corrected chi connectivity index (χ3v) is 6.14. The summed E-state index contributed by atoms with van der Waals surface area (Å²) >= 11 is 1.20. The Morgan fingerprint density at radius 3 is 2.75 bits per heavy atom. The highest BCUT2D eigenvalue weighted by Crippen LogP contribution is 2.34. The van der Waals surface area contributed by atoms with Crippen molar-refractivity contribution < 1.29 is 14.3 Å². The zero-order chi connectivity index (χ0) is 22.2. The maximum atomic E-state index is 12.9. The van der Waals surface area contributed by atoms with E-state index in [1.165, 1.54) is 16.3 Å². The summed E-state index contributed by atoms with van der Waals surface area (Å²) in [7, 11) is 0. The van der Waals surface area contributed by atoms with Crippen molar-refractivity contribution in [1.29, 1.82) is 0 Å². The Morgan fingerprint density at radius 1 is 1.06 bits per heavy atom. The van der Waals surface area contributed by atoms with Gasteiger partial charge in [0.05, 0.1) is 5.75 Å². The van der Waals surface area contributed by atoms with Crippen molar-refractivity contribution in [3.63, 3.8) is 0 Å². The Labute approximate surface area is 187 Å². The van der Waals surface area contributed by atoms with Crippen molar-refractivity contribution in [1.82, 2.24) is 19.2 Å². The minimum atomic E-state index is -0.278. The van der Waals surface area contributed by atoms with Crippen LogP contribution in [0.2, 0.25) is 0 Å². The summed E-state index contributed by atoms with van der Waals surface area (Å²) in [6.45, 7) is 4.20. The number of rotatable bonds is 5. The molecule has 0 aliphatic carbocycles. The number of hydrogen-bond acceptors (Lipinski definition) is 7. The molecule has 3 heterocycles. The van der Waals surface area contributed by atoms with Crippen LogP contribution in [-0.2, 0) is 4.79 Å². The van der Waals surface area contributed by atoms with Crippen LogP contribution in [-0.4, -0.2) is 37.6 Å². The Kier molecular flexibility index (Phi) is 5.06. The van der Waals surface area contributed by atoms with Gasteiger partial charge in [0.1, 0.15) is 0 Å². The number of carbonyl (C=O) groups is 1. The Bertz CT molecular complexity index is 1410. The number of nitrogens with zero attached hydrogens (tertiary/aromatic N) is 4. The summed E-state index contributed by atoms with van der Waals surface area (Å²) in [4.78, 5) is 25.3. The van der Waals surface area contributed by atoms with Gasteiger partial charge in [0, 0.05) is 29.8 Å². The zero-order valence-corrected chi connectivity index (χ0v) is 18.2. The second-order valence-electron chi connectivity index (χ2n) is 7.32. The molecule has 32 heavy (non-hydrogen) atoms. The van der Waals surface area contributed by atoms with Crippen molar-refractivity contribution in [2.75, 3.05) is 17.9 Å². The fourth-order valence-corrected chi connectivity index (χ4v) is 4.06. The number of fused-ring (bicyclic) bond motifs is 2. The molecular formula is C22H19N5O4S. The van der Waals surface area contributed by atoms with Gasteiger partial charge in [-0.3, -0.25) is 18.6 Å². The molecule has 1 N–H and O–H groups in total. The third-order valence-electron chi connectivity index (χ3n) is 5.20. The Hall–Kier alpha value is -3.79. The predicted octanol–water partition coefficient (Wildman–Crippen LogP) is 2.96. The van der Waals surface area contributed by atoms with Gasteiger partial charge in [-0.1, -0.05) is 17.8 Å². The average Bonchev–Trinajstić information content (AvgIpc) is 3.41. The van der Waals surface area contributed by atoms with Crippen LogP contribution in [0.5, 0.6) is 11.5 Å². The molecule has 0 bridgehead atoms. The molecule has 5 rings (SSSR count). The monoisotopic (exact) mass is 449 g/mol. The van der Waals surface area contributed by atoms with E-state index in [9.17, 15) is 9.59 Å². The molecular weight excluding hydrogens is 430 g/mol. The lowest BCUT2D eigenvalue weighted by molar-refractivity contribution is -0.113. The molecule has 4 aromatic rings. The standard InChI is InChI=1S/C22H19N5O4S/c1-13-3-5-16(9-14(13)2)26-7-8-27-20(21(26)29)24-25-22(27)32-11-19(28)23-15-4-6-17-18(10-15)31-12-30-17/h3-10H,11-12H2,1-2H3,(H,23,28). The van der Waals surface area contributed by atoms with Gasteiger partial charge in [-0.05, 0) is 49.2 Å². The molecule has 0 saturated heterocycles. The summed E-state index contributed by atoms with van der Waals surface area (Å²) in [6.07, 6.45) is 3.41. The van der Waals surface area contributed by atoms with Crippen LogP contribution in [0.25, 0.3) is 11.3 Å². The summed E-state index contributed by atoms with van der Waals surface area (Å²) < 4.78 is 13.7. The molecule has 10 heteroatoms. The topological polar surface area (TPSA) is 99.8 Å². The van der Waals surface area contributed by atoms with Gasteiger partial charge in [-0.15, -0.1) is 10.2 Å². The number of thioether (sulfide) groups is 1. The molecule has 0 unspecified atom stereocenters. The van der Waals surface area contributed by atoms with E-state index in [0.717, 1.165) is 16.8 Å². The van der Waals surface area contributed by atoms with E-state index in [4.69, 9.17) is 9.47 Å². The van der Waals surface area contributed by atoms with Crippen LogP contribution in [0.3, 0.4) is 0 Å². The first-order valence-corrected chi connectivity index (χ1v) is 10.8. The maximum Gasteiger partial charge on any atom is 0.300 e. The molecule has 1 amide bonds. The van der Waals surface area contributed by atoms with Gasteiger partial charge in [-0.25, -0.2) is 0 Å². The molecule has 0 atom stereocenters. The van der Waals surface area contributed by atoms with Crippen molar-refractivity contribution in [3.05, 3.63) is 70.3 Å². The van der Waals surface area contributed by atoms with Crippen LogP contribution in [0.1, 0.15) is 11.1 Å². The van der Waals surface area contributed by atoms with Gasteiger partial charge in [0.15, 0.2) is 16.7 Å². The van der Waals surface area contributed by atoms with Gasteiger partial charge in [0.2, 0.25) is 18.3 Å². The molecule has 0 saturated carbocycles. The van der Waals surface area contributed by atoms with Crippen LogP contribution in [0.15, 0.2) is 58.7 Å². The number of aromatic nitrogens is 4. The molecule has 162 valence electrons. The van der Waals surface area contributed by atoms with Crippen molar-refractivity contribution in [2.24, 2.45) is 0 Å². The summed E-state index contributed by atoms with van der Waals surface area (Å²) in [5, 5.41) is 11.4. The number of anilines is 1. The smallest absolute Gasteiger partial charge is 0.300 e. The molecule has 1 aliphatic rings. The Morgan fingerprint density at radius 2 is 1.91 bits per heavy atom. The van der Waals surface area contributed by atoms with E-state index in [-0.39, 0.29) is 29.7 Å². The van der Waals surface area contributed by atoms with Gasteiger partial charge < -0.3 is 14.8 Å². The van der Waals surface area contributed by atoms with E-state index in [1.54, 1.807) is 35.0 Å². The molecule has 0 spiro atoms. The van der Waals surface area contributed by atoms with Crippen molar-refractivity contribution in [3.8, 4) is 17.2 Å². The van der Waals surface area contributed by atoms with Crippen LogP contribution < -0.4 is 20.3 Å². The van der Waals surface area contributed by atoms with E-state index >= 15 is 0 Å². The lowest BCUT2D eigenvalue weighted by atomic mass is 10.1. The van der Waals surface area contributed by atoms with Gasteiger partial charge in [0.25, 0.3) is 0 Å². The number of amides is 1. The first-order chi connectivity index (χ1) is 15.5. The first kappa shape index (κ1) is 20.1. The van der Waals surface area contributed by atoms with E-state index in [1.807, 2.05) is 32.0 Å². The van der Waals surface area contributed by atoms with E-state index < -0.39 is 0 Å². The van der Waals surface area contributed by atoms with Crippen LogP contribution in [0.4, 0.5) is 5.69 Å². The summed E-state index contributed by atoms with van der Waals surface area (Å²) in [5.74, 6) is 1.14. The summed E-state index contributed by atoms with van der Waals surface area (Å²) in [6, 6.07) is 11.0. The molecule has 0 fully saturated rings. The summed E-state index contributed by atoms with van der Waals surface area (Å²) in [5.41, 5.74) is 3.55. The zero-order valence-electron chi connectivity index (χ0n) is 17.4. The SMILES string of the molecule is Cc1ccc(-n2ccn3c(SCC(=O)Nc4ccc5c(c4)OCO5)nnc3c2=O)cc1C. The van der Waals surface area contributed by atoms with E-state index in [0.29, 0.717) is 22.3 Å². The average molecular weight is 449 g/mol. The lowest BCUT2D eigenvalue weighted by Gasteiger charge is -2.09. The number of benzene rings is 2. The number of hydrogen-bond donors (Lipinski definition) is 1. The third kappa shape index (κ3) is 3.69. The minimum Gasteiger partial charge on any atom is -0.454 e. The van der Waals surface area contributed by atoms with Crippen molar-refractivity contribution >= 4 is 29.0 Å². The first-order valence-electron chi connectivity index (χ1n) is 9.86. The largest absolute Gasteiger partial charge is 0.454 e. The number of carbonyl (C=O) groups excluding carboxylic acids is 1. The predicted molar refractivity (Wildman–Crippen MR) is 120 cm³/mol. The van der Waals surface area contributed by atoms with Crippen LogP contribution >= 0.6 is 11.8 Å². The van der Waals surface area contributed by atoms with E-state index in [2.05, 4.69) is 15.5 Å². The maximum absolute atomic E-state index is 12.9. The molecule has 2 aromatic carbocycles.